The van der Waals surface area contributed by atoms with Gasteiger partial charge in [-0.15, -0.1) is 5.11 Å². The van der Waals surface area contributed by atoms with Gasteiger partial charge >= 0.3 is 6.18 Å². The van der Waals surface area contributed by atoms with E-state index in [2.05, 4.69) is 15.2 Å². The Balaban J connectivity index is 2.07. The van der Waals surface area contributed by atoms with Gasteiger partial charge in [0.05, 0.1) is 24.5 Å². The summed E-state index contributed by atoms with van der Waals surface area (Å²) >= 11 is 5.81. The Morgan fingerprint density at radius 2 is 1.91 bits per heavy atom. The minimum Gasteiger partial charge on any atom is -0.449 e. The van der Waals surface area contributed by atoms with Gasteiger partial charge in [-0.25, -0.2) is 13.8 Å². The van der Waals surface area contributed by atoms with Gasteiger partial charge in [0.15, 0.2) is 11.7 Å². The van der Waals surface area contributed by atoms with E-state index in [-0.39, 0.29) is 16.3 Å². The van der Waals surface area contributed by atoms with E-state index >= 15 is 0 Å². The molecule has 0 bridgehead atoms. The van der Waals surface area contributed by atoms with Crippen LogP contribution in [0.2, 0.25) is 5.02 Å². The molecule has 14 heteroatoms. The van der Waals surface area contributed by atoms with Crippen LogP contribution in [0.3, 0.4) is 0 Å². The van der Waals surface area contributed by atoms with Crippen molar-refractivity contribution in [1.29, 1.82) is 5.26 Å². The highest BCUT2D eigenvalue weighted by Gasteiger charge is 2.39. The zero-order valence-corrected chi connectivity index (χ0v) is 17.2. The van der Waals surface area contributed by atoms with E-state index in [1.54, 1.807) is 6.07 Å². The van der Waals surface area contributed by atoms with Crippen LogP contribution in [-0.2, 0) is 17.5 Å². The Hall–Kier alpha value is -3.66. The van der Waals surface area contributed by atoms with Crippen LogP contribution in [-0.4, -0.2) is 27.4 Å². The number of alkyl halides is 5. The predicted molar refractivity (Wildman–Crippen MR) is 102 cm³/mol. The van der Waals surface area contributed by atoms with Crippen LogP contribution in [0.5, 0.6) is 11.5 Å². The molecule has 8 nitrogen and oxygen atoms in total. The zero-order chi connectivity index (χ0) is 24.6. The minimum atomic E-state index is -5.10. The van der Waals surface area contributed by atoms with E-state index < -0.39 is 53.2 Å². The second kappa shape index (κ2) is 8.70. The molecule has 1 aliphatic heterocycles. The number of hydrogen-bond acceptors (Lipinski definition) is 6. The molecule has 1 aliphatic rings. The van der Waals surface area contributed by atoms with Gasteiger partial charge in [0.2, 0.25) is 5.75 Å². The van der Waals surface area contributed by atoms with Crippen LogP contribution in [0, 0.1) is 11.3 Å². The highest BCUT2D eigenvalue weighted by Crippen LogP contribution is 2.35. The number of aromatic nitrogens is 2. The van der Waals surface area contributed by atoms with E-state index in [0.717, 1.165) is 18.2 Å². The maximum atomic E-state index is 13.5. The zero-order valence-electron chi connectivity index (χ0n) is 16.4. The molecule has 0 spiro atoms. The highest BCUT2D eigenvalue weighted by molar-refractivity contribution is 6.30. The molecule has 0 saturated carbocycles. The van der Waals surface area contributed by atoms with Gasteiger partial charge in [-0.05, 0) is 24.3 Å². The summed E-state index contributed by atoms with van der Waals surface area (Å²) in [5, 5.41) is 15.2. The first kappa shape index (κ1) is 24.0. The smallest absolute Gasteiger partial charge is 0.437 e. The second-order valence-corrected chi connectivity index (χ2v) is 7.29. The largest absolute Gasteiger partial charge is 0.449 e. The molecule has 2 heterocycles. The summed E-state index contributed by atoms with van der Waals surface area (Å²) < 4.78 is 73.1. The standard InChI is InChI=1S/C19H11ClF5N5O3/c1-18(21,22)13-4-10(16(31)29-28-13)7-30-8-27-15(19(23,24)25)14(17(30)32)33-12-3-9(6-26)2-11(20)5-12/h2-5,8,13H,7H2,1H3. The van der Waals surface area contributed by atoms with E-state index in [1.165, 1.54) is 6.07 Å². The molecule has 1 atom stereocenters. The topological polar surface area (TPSA) is 110 Å². The number of nitriles is 1. The number of carbonyl (C=O) groups is 1. The monoisotopic (exact) mass is 487 g/mol. The van der Waals surface area contributed by atoms with E-state index in [0.29, 0.717) is 17.8 Å². The number of hydrogen-bond donors (Lipinski definition) is 0. The average molecular weight is 488 g/mol. The number of nitrogens with zero attached hydrogens (tertiary/aromatic N) is 5. The number of carbonyl (C=O) groups excluding carboxylic acids is 1. The molecule has 3 rings (SSSR count). The Labute approximate surface area is 186 Å². The van der Waals surface area contributed by atoms with Gasteiger partial charge in [-0.1, -0.05) is 11.6 Å². The Kier molecular flexibility index (Phi) is 6.33. The van der Waals surface area contributed by atoms with Crippen molar-refractivity contribution in [2.24, 2.45) is 10.2 Å². The molecule has 0 saturated heterocycles. The van der Waals surface area contributed by atoms with Crippen molar-refractivity contribution in [2.45, 2.75) is 31.6 Å². The van der Waals surface area contributed by atoms with Crippen LogP contribution < -0.4 is 10.3 Å². The summed E-state index contributed by atoms with van der Waals surface area (Å²) in [6.45, 7) is -0.178. The number of halogens is 6. The molecule has 0 radical (unpaired) electrons. The van der Waals surface area contributed by atoms with Gasteiger partial charge in [0.1, 0.15) is 5.75 Å². The van der Waals surface area contributed by atoms with Crippen molar-refractivity contribution in [1.82, 2.24) is 9.55 Å². The molecular formula is C19H11ClF5N5O3. The summed E-state index contributed by atoms with van der Waals surface area (Å²) in [6, 6.07) is 3.27. The Morgan fingerprint density at radius 3 is 2.52 bits per heavy atom. The molecule has 0 fully saturated rings. The Morgan fingerprint density at radius 1 is 1.21 bits per heavy atom. The number of rotatable bonds is 5. The summed E-state index contributed by atoms with van der Waals surface area (Å²) in [5.41, 5.74) is -3.50. The molecular weight excluding hydrogens is 477 g/mol. The molecule has 2 aromatic rings. The number of azo groups is 1. The van der Waals surface area contributed by atoms with Crippen LogP contribution in [0.25, 0.3) is 0 Å². The lowest BCUT2D eigenvalue weighted by Gasteiger charge is -2.20. The normalized spacial score (nSPS) is 16.4. The van der Waals surface area contributed by atoms with Gasteiger partial charge in [0, 0.05) is 17.5 Å². The maximum absolute atomic E-state index is 13.5. The lowest BCUT2D eigenvalue weighted by Crippen LogP contribution is -2.32. The minimum absolute atomic E-state index is 0.0447. The summed E-state index contributed by atoms with van der Waals surface area (Å²) in [4.78, 5) is 27.9. The van der Waals surface area contributed by atoms with Crippen molar-refractivity contribution in [3.05, 3.63) is 62.8 Å². The van der Waals surface area contributed by atoms with Crippen molar-refractivity contribution in [2.75, 3.05) is 0 Å². The first-order valence-electron chi connectivity index (χ1n) is 8.88. The third kappa shape index (κ3) is 5.40. The van der Waals surface area contributed by atoms with Gasteiger partial charge in [-0.2, -0.15) is 23.5 Å². The SMILES string of the molecule is CC(F)(F)C1C=C(Cn2cnc(C(F)(F)F)c(Oc3cc(Cl)cc(C#N)c3)c2=O)C(=O)N=N1. The highest BCUT2D eigenvalue weighted by atomic mass is 35.5. The Bertz CT molecular complexity index is 1270. The predicted octanol–water partition coefficient (Wildman–Crippen LogP) is 4.52. The summed E-state index contributed by atoms with van der Waals surface area (Å²) in [6.07, 6.45) is -3.83. The molecule has 1 amide bonds. The lowest BCUT2D eigenvalue weighted by atomic mass is 10.1. The fraction of sp³-hybridized carbons (Fsp3) is 0.263. The third-order valence-electron chi connectivity index (χ3n) is 4.25. The average Bonchev–Trinajstić information content (AvgIpc) is 2.70. The molecule has 33 heavy (non-hydrogen) atoms. The molecule has 1 aromatic heterocycles. The number of benzene rings is 1. The fourth-order valence-corrected chi connectivity index (χ4v) is 2.93. The molecule has 0 aliphatic carbocycles. The van der Waals surface area contributed by atoms with Gasteiger partial charge in [0.25, 0.3) is 17.4 Å². The molecule has 172 valence electrons. The van der Waals surface area contributed by atoms with Crippen LogP contribution in [0.4, 0.5) is 22.0 Å². The number of ether oxygens (including phenoxy) is 1. The molecule has 0 N–H and O–H groups in total. The number of amides is 1. The van der Waals surface area contributed by atoms with Crippen molar-refractivity contribution in [3.63, 3.8) is 0 Å². The second-order valence-electron chi connectivity index (χ2n) is 6.86. The van der Waals surface area contributed by atoms with Gasteiger partial charge < -0.3 is 4.74 Å². The maximum Gasteiger partial charge on any atom is 0.437 e. The fourth-order valence-electron chi connectivity index (χ4n) is 2.71. The van der Waals surface area contributed by atoms with Crippen molar-refractivity contribution in [3.8, 4) is 17.6 Å². The van der Waals surface area contributed by atoms with E-state index in [9.17, 15) is 31.5 Å². The van der Waals surface area contributed by atoms with Crippen molar-refractivity contribution >= 4 is 17.5 Å². The lowest BCUT2D eigenvalue weighted by molar-refractivity contribution is -0.142. The summed E-state index contributed by atoms with van der Waals surface area (Å²) in [5.74, 6) is -6.04. The van der Waals surface area contributed by atoms with E-state index in [4.69, 9.17) is 21.6 Å². The molecule has 1 aromatic carbocycles. The van der Waals surface area contributed by atoms with Crippen LogP contribution >= 0.6 is 11.6 Å². The quantitative estimate of drug-likeness (QED) is 0.576. The van der Waals surface area contributed by atoms with Gasteiger partial charge in [-0.3, -0.25) is 14.2 Å². The molecule has 1 unspecified atom stereocenters. The van der Waals surface area contributed by atoms with Crippen molar-refractivity contribution < 1.29 is 31.5 Å². The van der Waals surface area contributed by atoms with E-state index in [1.807, 2.05) is 0 Å². The van der Waals surface area contributed by atoms with Crippen LogP contribution in [0.1, 0.15) is 18.2 Å². The van der Waals surface area contributed by atoms with Crippen LogP contribution in [0.15, 0.2) is 51.2 Å². The first-order chi connectivity index (χ1) is 15.3. The third-order valence-corrected chi connectivity index (χ3v) is 4.47. The first-order valence-corrected chi connectivity index (χ1v) is 9.26. The summed E-state index contributed by atoms with van der Waals surface area (Å²) in [7, 11) is 0.